The second-order valence-corrected chi connectivity index (χ2v) is 9.44. The summed E-state index contributed by atoms with van der Waals surface area (Å²) in [5, 5.41) is 2.52. The molecular weight excluding hydrogens is 460 g/mol. The summed E-state index contributed by atoms with van der Waals surface area (Å²) in [7, 11) is 0. The third kappa shape index (κ3) is 3.75. The smallest absolute Gasteiger partial charge is 0.0562 e. The van der Waals surface area contributed by atoms with E-state index >= 15 is 0 Å². The first-order valence-corrected chi connectivity index (χ1v) is 13.0. The summed E-state index contributed by atoms with van der Waals surface area (Å²) in [6, 6.07) is 56.0. The molecule has 180 valence electrons. The molecular formula is C36H26N2. The average Bonchev–Trinajstić information content (AvgIpc) is 3.33. The molecule has 0 amide bonds. The first-order valence-electron chi connectivity index (χ1n) is 13.0. The van der Waals surface area contributed by atoms with Gasteiger partial charge in [-0.3, -0.25) is 0 Å². The summed E-state index contributed by atoms with van der Waals surface area (Å²) in [5.74, 6) is 0. The minimum absolute atomic E-state index is 1.12. The van der Waals surface area contributed by atoms with Crippen molar-refractivity contribution >= 4 is 38.9 Å². The van der Waals surface area contributed by atoms with Gasteiger partial charge in [-0.2, -0.15) is 0 Å². The lowest BCUT2D eigenvalue weighted by atomic mass is 9.99. The molecule has 1 aromatic heterocycles. The van der Waals surface area contributed by atoms with Crippen molar-refractivity contribution in [3.63, 3.8) is 0 Å². The molecule has 0 saturated heterocycles. The zero-order chi connectivity index (χ0) is 25.3. The van der Waals surface area contributed by atoms with Crippen LogP contribution < -0.4 is 4.90 Å². The number of para-hydroxylation sites is 3. The van der Waals surface area contributed by atoms with Crippen LogP contribution in [0.15, 0.2) is 158 Å². The predicted molar refractivity (Wildman–Crippen MR) is 161 cm³/mol. The number of fused-ring (bicyclic) bond motifs is 3. The summed E-state index contributed by atoms with van der Waals surface area (Å²) < 4.78 is 2.40. The highest BCUT2D eigenvalue weighted by Crippen LogP contribution is 2.42. The summed E-state index contributed by atoms with van der Waals surface area (Å²) in [4.78, 5) is 2.32. The fourth-order valence-corrected chi connectivity index (χ4v) is 5.51. The molecule has 0 fully saturated rings. The van der Waals surface area contributed by atoms with Gasteiger partial charge in [0.05, 0.1) is 11.0 Å². The van der Waals surface area contributed by atoms with Gasteiger partial charge in [0.1, 0.15) is 0 Å². The molecule has 0 atom stereocenters. The Morgan fingerprint density at radius 1 is 0.421 bits per heavy atom. The van der Waals surface area contributed by atoms with E-state index in [2.05, 4.69) is 167 Å². The SMILES string of the molecule is c1ccc(-c2cccc3c2c2ccc(N(c4ccccc4)c4ccccc4)cc2n3-c2ccccc2)cc1. The van der Waals surface area contributed by atoms with Gasteiger partial charge < -0.3 is 9.47 Å². The van der Waals surface area contributed by atoms with Crippen molar-refractivity contribution in [3.8, 4) is 16.8 Å². The van der Waals surface area contributed by atoms with Gasteiger partial charge in [-0.25, -0.2) is 0 Å². The molecule has 2 heteroatoms. The first kappa shape index (κ1) is 22.1. The van der Waals surface area contributed by atoms with Crippen molar-refractivity contribution in [1.82, 2.24) is 4.57 Å². The fourth-order valence-electron chi connectivity index (χ4n) is 5.51. The number of benzene rings is 6. The van der Waals surface area contributed by atoms with Crippen LogP contribution in [-0.2, 0) is 0 Å². The van der Waals surface area contributed by atoms with Gasteiger partial charge in [-0.15, -0.1) is 0 Å². The number of aromatic nitrogens is 1. The highest BCUT2D eigenvalue weighted by Gasteiger charge is 2.19. The second-order valence-electron chi connectivity index (χ2n) is 9.44. The van der Waals surface area contributed by atoms with E-state index in [1.165, 1.54) is 32.9 Å². The van der Waals surface area contributed by atoms with Crippen molar-refractivity contribution in [1.29, 1.82) is 0 Å². The quantitative estimate of drug-likeness (QED) is 0.235. The van der Waals surface area contributed by atoms with E-state index in [1.54, 1.807) is 0 Å². The Morgan fingerprint density at radius 2 is 1.00 bits per heavy atom. The van der Waals surface area contributed by atoms with E-state index in [0.29, 0.717) is 0 Å². The average molecular weight is 487 g/mol. The van der Waals surface area contributed by atoms with Crippen LogP contribution in [0.3, 0.4) is 0 Å². The van der Waals surface area contributed by atoms with E-state index in [1.807, 2.05) is 0 Å². The Labute approximate surface area is 222 Å². The number of hydrogen-bond acceptors (Lipinski definition) is 1. The minimum atomic E-state index is 1.12. The van der Waals surface area contributed by atoms with E-state index in [-0.39, 0.29) is 0 Å². The zero-order valence-corrected chi connectivity index (χ0v) is 20.9. The van der Waals surface area contributed by atoms with Crippen LogP contribution in [0.2, 0.25) is 0 Å². The van der Waals surface area contributed by atoms with Crippen LogP contribution in [-0.4, -0.2) is 4.57 Å². The molecule has 0 aliphatic rings. The molecule has 0 aliphatic heterocycles. The largest absolute Gasteiger partial charge is 0.310 e. The Bertz CT molecular complexity index is 1800. The lowest BCUT2D eigenvalue weighted by molar-refractivity contribution is 1.18. The van der Waals surface area contributed by atoms with Crippen LogP contribution in [0.1, 0.15) is 0 Å². The molecule has 7 aromatic rings. The molecule has 7 rings (SSSR count). The van der Waals surface area contributed by atoms with Crippen molar-refractivity contribution in [3.05, 3.63) is 158 Å². The Morgan fingerprint density at radius 3 is 1.63 bits per heavy atom. The zero-order valence-electron chi connectivity index (χ0n) is 20.9. The van der Waals surface area contributed by atoms with Crippen LogP contribution in [0.5, 0.6) is 0 Å². The minimum Gasteiger partial charge on any atom is -0.310 e. The second kappa shape index (κ2) is 9.42. The van der Waals surface area contributed by atoms with Gasteiger partial charge >= 0.3 is 0 Å². The molecule has 0 radical (unpaired) electrons. The molecule has 6 aromatic carbocycles. The predicted octanol–water partition coefficient (Wildman–Crippen LogP) is 9.92. The number of hydrogen-bond donors (Lipinski definition) is 0. The van der Waals surface area contributed by atoms with Crippen LogP contribution in [0, 0.1) is 0 Å². The standard InChI is InChI=1S/C36H26N2/c1-5-14-27(15-6-1)32-22-13-23-34-36(32)33-25-24-31(26-35(33)38(34)30-20-11-4-12-21-30)37(28-16-7-2-8-17-28)29-18-9-3-10-19-29/h1-26H. The fraction of sp³-hybridized carbons (Fsp3) is 0. The Balaban J connectivity index is 1.55. The van der Waals surface area contributed by atoms with Gasteiger partial charge in [0.25, 0.3) is 0 Å². The van der Waals surface area contributed by atoms with E-state index in [0.717, 1.165) is 22.7 Å². The Kier molecular flexibility index (Phi) is 5.49. The monoisotopic (exact) mass is 486 g/mol. The third-order valence-electron chi connectivity index (χ3n) is 7.16. The number of nitrogens with zero attached hydrogens (tertiary/aromatic N) is 2. The van der Waals surface area contributed by atoms with Gasteiger partial charge in [0.15, 0.2) is 0 Å². The third-order valence-corrected chi connectivity index (χ3v) is 7.16. The van der Waals surface area contributed by atoms with Crippen LogP contribution in [0.4, 0.5) is 17.1 Å². The van der Waals surface area contributed by atoms with Gasteiger partial charge in [-0.05, 0) is 65.7 Å². The topological polar surface area (TPSA) is 8.17 Å². The lowest BCUT2D eigenvalue weighted by Gasteiger charge is -2.25. The molecule has 0 spiro atoms. The van der Waals surface area contributed by atoms with Crippen molar-refractivity contribution < 1.29 is 0 Å². The van der Waals surface area contributed by atoms with Gasteiger partial charge in [0, 0.05) is 33.5 Å². The summed E-state index contributed by atoms with van der Waals surface area (Å²) in [6.45, 7) is 0. The molecule has 0 unspecified atom stereocenters. The van der Waals surface area contributed by atoms with Crippen molar-refractivity contribution in [2.45, 2.75) is 0 Å². The summed E-state index contributed by atoms with van der Waals surface area (Å²) >= 11 is 0. The summed E-state index contributed by atoms with van der Waals surface area (Å²) in [6.07, 6.45) is 0. The van der Waals surface area contributed by atoms with E-state index < -0.39 is 0 Å². The molecule has 1 heterocycles. The van der Waals surface area contributed by atoms with Crippen LogP contribution >= 0.6 is 0 Å². The number of rotatable bonds is 5. The van der Waals surface area contributed by atoms with Crippen molar-refractivity contribution in [2.75, 3.05) is 4.90 Å². The highest BCUT2D eigenvalue weighted by molar-refractivity contribution is 6.16. The van der Waals surface area contributed by atoms with E-state index in [9.17, 15) is 0 Å². The summed E-state index contributed by atoms with van der Waals surface area (Å²) in [5.41, 5.74) is 9.40. The molecule has 0 saturated carbocycles. The number of anilines is 3. The normalized spacial score (nSPS) is 11.2. The van der Waals surface area contributed by atoms with E-state index in [4.69, 9.17) is 0 Å². The van der Waals surface area contributed by atoms with Gasteiger partial charge in [0.2, 0.25) is 0 Å². The Hall–Kier alpha value is -5.08. The highest BCUT2D eigenvalue weighted by atomic mass is 15.1. The molecule has 0 aliphatic carbocycles. The lowest BCUT2D eigenvalue weighted by Crippen LogP contribution is -2.09. The molecule has 0 N–H and O–H groups in total. The first-order chi connectivity index (χ1) is 18.9. The maximum Gasteiger partial charge on any atom is 0.0562 e. The van der Waals surface area contributed by atoms with Crippen molar-refractivity contribution in [2.24, 2.45) is 0 Å². The molecule has 2 nitrogen and oxygen atoms in total. The van der Waals surface area contributed by atoms with Crippen LogP contribution in [0.25, 0.3) is 38.6 Å². The van der Waals surface area contributed by atoms with Gasteiger partial charge in [-0.1, -0.05) is 103 Å². The maximum atomic E-state index is 2.40. The molecule has 0 bridgehead atoms. The molecule has 38 heavy (non-hydrogen) atoms. The maximum absolute atomic E-state index is 2.40.